The summed E-state index contributed by atoms with van der Waals surface area (Å²) in [4.78, 5) is 3.89. The molecule has 0 fully saturated rings. The van der Waals surface area contributed by atoms with Gasteiger partial charge in [-0.25, -0.2) is 4.98 Å². The fraction of sp³-hybridized carbons (Fsp3) is 0.167. The highest BCUT2D eigenvalue weighted by molar-refractivity contribution is 5.43. The fourth-order valence-electron chi connectivity index (χ4n) is 0.611. The Labute approximate surface area is 59.0 Å². The number of nitrogens with zero attached hydrogens (tertiary/aromatic N) is 1. The quantitative estimate of drug-likeness (QED) is 0.459. The topological polar surface area (TPSA) is 60.2 Å². The SMILES string of the molecule is COc1cc(NN)ccn1. The molecular formula is C6H9N3O. The van der Waals surface area contributed by atoms with Crippen LogP contribution in [0.5, 0.6) is 5.88 Å². The zero-order valence-electron chi connectivity index (χ0n) is 5.66. The van der Waals surface area contributed by atoms with E-state index in [0.29, 0.717) is 5.88 Å². The van der Waals surface area contributed by atoms with Crippen LogP contribution in [0.15, 0.2) is 18.3 Å². The number of nitrogen functional groups attached to an aromatic ring is 1. The van der Waals surface area contributed by atoms with E-state index >= 15 is 0 Å². The van der Waals surface area contributed by atoms with E-state index in [1.54, 1.807) is 25.4 Å². The first-order valence-electron chi connectivity index (χ1n) is 2.83. The summed E-state index contributed by atoms with van der Waals surface area (Å²) in [6.45, 7) is 0. The Bertz CT molecular complexity index is 195. The van der Waals surface area contributed by atoms with Gasteiger partial charge in [0.05, 0.1) is 12.8 Å². The maximum absolute atomic E-state index is 5.14. The Balaban J connectivity index is 2.87. The third-order valence-corrected chi connectivity index (χ3v) is 1.11. The first kappa shape index (κ1) is 6.82. The molecule has 54 valence electrons. The standard InChI is InChI=1S/C6H9N3O/c1-10-6-4-5(9-7)2-3-8-6/h2-4H,7H2,1H3,(H,8,9). The van der Waals surface area contributed by atoms with Crippen LogP contribution in [-0.4, -0.2) is 12.1 Å². The van der Waals surface area contributed by atoms with Gasteiger partial charge in [-0.2, -0.15) is 0 Å². The molecule has 0 aliphatic carbocycles. The average Bonchev–Trinajstić information content (AvgIpc) is 2.05. The van der Waals surface area contributed by atoms with Gasteiger partial charge >= 0.3 is 0 Å². The van der Waals surface area contributed by atoms with E-state index in [9.17, 15) is 0 Å². The molecule has 1 heterocycles. The molecule has 10 heavy (non-hydrogen) atoms. The van der Waals surface area contributed by atoms with Gasteiger partial charge in [0.2, 0.25) is 5.88 Å². The van der Waals surface area contributed by atoms with E-state index < -0.39 is 0 Å². The summed E-state index contributed by atoms with van der Waals surface area (Å²) < 4.78 is 4.85. The van der Waals surface area contributed by atoms with E-state index in [1.165, 1.54) is 0 Å². The average molecular weight is 139 g/mol. The number of pyridine rings is 1. The molecule has 1 aromatic heterocycles. The minimum Gasteiger partial charge on any atom is -0.481 e. The number of hydrazine groups is 1. The Morgan fingerprint density at radius 3 is 3.10 bits per heavy atom. The van der Waals surface area contributed by atoms with Crippen LogP contribution in [0.25, 0.3) is 0 Å². The van der Waals surface area contributed by atoms with Crippen LogP contribution in [-0.2, 0) is 0 Å². The van der Waals surface area contributed by atoms with Crippen LogP contribution in [0.2, 0.25) is 0 Å². The number of methoxy groups -OCH3 is 1. The van der Waals surface area contributed by atoms with E-state index in [0.717, 1.165) is 5.69 Å². The van der Waals surface area contributed by atoms with Crippen molar-refractivity contribution in [3.8, 4) is 5.88 Å². The highest BCUT2D eigenvalue weighted by Gasteiger charge is 1.91. The van der Waals surface area contributed by atoms with Gasteiger partial charge in [-0.3, -0.25) is 5.84 Å². The summed E-state index contributed by atoms with van der Waals surface area (Å²) in [5, 5.41) is 0. The summed E-state index contributed by atoms with van der Waals surface area (Å²) in [5.41, 5.74) is 3.27. The lowest BCUT2D eigenvalue weighted by Crippen LogP contribution is -2.06. The van der Waals surface area contributed by atoms with Crippen molar-refractivity contribution in [1.29, 1.82) is 0 Å². The number of rotatable bonds is 2. The number of nitrogens with two attached hydrogens (primary N) is 1. The largest absolute Gasteiger partial charge is 0.481 e. The molecule has 0 spiro atoms. The second-order valence-corrected chi connectivity index (χ2v) is 1.73. The van der Waals surface area contributed by atoms with Crippen LogP contribution in [0.3, 0.4) is 0 Å². The second kappa shape index (κ2) is 3.03. The Kier molecular flexibility index (Phi) is 2.07. The lowest BCUT2D eigenvalue weighted by molar-refractivity contribution is 0.398. The third kappa shape index (κ3) is 1.35. The van der Waals surface area contributed by atoms with Crippen LogP contribution >= 0.6 is 0 Å². The van der Waals surface area contributed by atoms with Crippen molar-refractivity contribution >= 4 is 5.69 Å². The highest BCUT2D eigenvalue weighted by Crippen LogP contribution is 2.11. The van der Waals surface area contributed by atoms with Gasteiger partial charge < -0.3 is 10.2 Å². The minimum absolute atomic E-state index is 0.551. The molecule has 0 amide bonds. The van der Waals surface area contributed by atoms with Gasteiger partial charge in [-0.1, -0.05) is 0 Å². The molecular weight excluding hydrogens is 130 g/mol. The lowest BCUT2D eigenvalue weighted by atomic mass is 10.4. The van der Waals surface area contributed by atoms with Crippen molar-refractivity contribution in [2.45, 2.75) is 0 Å². The molecule has 0 radical (unpaired) electrons. The van der Waals surface area contributed by atoms with E-state index in [4.69, 9.17) is 10.6 Å². The molecule has 0 saturated carbocycles. The molecule has 0 aliphatic rings. The molecule has 0 unspecified atom stereocenters. The van der Waals surface area contributed by atoms with Gasteiger partial charge in [0.15, 0.2) is 0 Å². The number of hydrogen-bond acceptors (Lipinski definition) is 4. The van der Waals surface area contributed by atoms with Gasteiger partial charge in [0.25, 0.3) is 0 Å². The molecule has 0 aromatic carbocycles. The Morgan fingerprint density at radius 1 is 1.70 bits per heavy atom. The fourth-order valence-corrected chi connectivity index (χ4v) is 0.611. The monoisotopic (exact) mass is 139 g/mol. The number of aromatic nitrogens is 1. The molecule has 1 rings (SSSR count). The minimum atomic E-state index is 0.551. The van der Waals surface area contributed by atoms with Gasteiger partial charge in [0, 0.05) is 12.3 Å². The Hall–Kier alpha value is -1.29. The summed E-state index contributed by atoms with van der Waals surface area (Å²) in [6, 6.07) is 3.46. The van der Waals surface area contributed by atoms with Crippen LogP contribution in [0.1, 0.15) is 0 Å². The van der Waals surface area contributed by atoms with Crippen LogP contribution in [0, 0.1) is 0 Å². The molecule has 1 aromatic rings. The zero-order valence-corrected chi connectivity index (χ0v) is 5.66. The molecule has 0 aliphatic heterocycles. The molecule has 0 atom stereocenters. The maximum Gasteiger partial charge on any atom is 0.215 e. The summed E-state index contributed by atoms with van der Waals surface area (Å²) in [5.74, 6) is 5.69. The molecule has 3 N–H and O–H groups in total. The Morgan fingerprint density at radius 2 is 2.50 bits per heavy atom. The highest BCUT2D eigenvalue weighted by atomic mass is 16.5. The molecule has 0 saturated heterocycles. The first-order chi connectivity index (χ1) is 4.86. The predicted molar refractivity (Wildman–Crippen MR) is 38.6 cm³/mol. The van der Waals surface area contributed by atoms with Crippen LogP contribution < -0.4 is 16.0 Å². The number of hydrogen-bond donors (Lipinski definition) is 2. The summed E-state index contributed by atoms with van der Waals surface area (Å²) >= 11 is 0. The van der Waals surface area contributed by atoms with Crippen molar-refractivity contribution in [3.63, 3.8) is 0 Å². The van der Waals surface area contributed by atoms with E-state index in [2.05, 4.69) is 10.4 Å². The van der Waals surface area contributed by atoms with Crippen molar-refractivity contribution in [3.05, 3.63) is 18.3 Å². The van der Waals surface area contributed by atoms with E-state index in [1.807, 2.05) is 0 Å². The normalized spacial score (nSPS) is 9.00. The van der Waals surface area contributed by atoms with E-state index in [-0.39, 0.29) is 0 Å². The third-order valence-electron chi connectivity index (χ3n) is 1.11. The summed E-state index contributed by atoms with van der Waals surface area (Å²) in [6.07, 6.45) is 1.62. The van der Waals surface area contributed by atoms with Gasteiger partial charge in [0.1, 0.15) is 0 Å². The predicted octanol–water partition coefficient (Wildman–Crippen LogP) is 0.376. The first-order valence-corrected chi connectivity index (χ1v) is 2.83. The smallest absolute Gasteiger partial charge is 0.215 e. The zero-order chi connectivity index (χ0) is 7.40. The molecule has 4 heteroatoms. The van der Waals surface area contributed by atoms with Crippen molar-refractivity contribution < 1.29 is 4.74 Å². The van der Waals surface area contributed by atoms with Crippen LogP contribution in [0.4, 0.5) is 5.69 Å². The van der Waals surface area contributed by atoms with Gasteiger partial charge in [-0.05, 0) is 6.07 Å². The number of nitrogens with one attached hydrogen (secondary N) is 1. The maximum atomic E-state index is 5.14. The second-order valence-electron chi connectivity index (χ2n) is 1.73. The lowest BCUT2D eigenvalue weighted by Gasteiger charge is -2.00. The number of ether oxygens (including phenoxy) is 1. The van der Waals surface area contributed by atoms with Gasteiger partial charge in [-0.15, -0.1) is 0 Å². The molecule has 4 nitrogen and oxygen atoms in total. The molecule has 0 bridgehead atoms. The van der Waals surface area contributed by atoms with Crippen molar-refractivity contribution in [2.75, 3.05) is 12.5 Å². The summed E-state index contributed by atoms with van der Waals surface area (Å²) in [7, 11) is 1.56. The van der Waals surface area contributed by atoms with Crippen molar-refractivity contribution in [1.82, 2.24) is 4.98 Å². The number of anilines is 1. The van der Waals surface area contributed by atoms with Crippen molar-refractivity contribution in [2.24, 2.45) is 5.84 Å².